The van der Waals surface area contributed by atoms with E-state index < -0.39 is 10.0 Å². The minimum Gasteiger partial charge on any atom is -0.497 e. The lowest BCUT2D eigenvalue weighted by molar-refractivity contribution is 0.102. The van der Waals surface area contributed by atoms with Crippen LogP contribution in [-0.2, 0) is 10.0 Å². The fourth-order valence-corrected chi connectivity index (χ4v) is 2.90. The van der Waals surface area contributed by atoms with Crippen molar-refractivity contribution in [3.8, 4) is 11.5 Å². The molecule has 0 spiro atoms. The zero-order valence-corrected chi connectivity index (χ0v) is 15.2. The van der Waals surface area contributed by atoms with Gasteiger partial charge in [-0.25, -0.2) is 8.42 Å². The lowest BCUT2D eigenvalue weighted by Crippen LogP contribution is -2.16. The lowest BCUT2D eigenvalue weighted by atomic mass is 10.1. The number of carbonyl (C=O) groups excluding carboxylic acids is 1. The number of carbonyl (C=O) groups is 1. The summed E-state index contributed by atoms with van der Waals surface area (Å²) in [5.41, 5.74) is 1.72. The molecular formula is C17H20N2O5S. The van der Waals surface area contributed by atoms with E-state index in [0.29, 0.717) is 34.0 Å². The number of hydrogen-bond acceptors (Lipinski definition) is 5. The van der Waals surface area contributed by atoms with Gasteiger partial charge in [-0.1, -0.05) is 6.07 Å². The summed E-state index contributed by atoms with van der Waals surface area (Å²) < 4.78 is 35.6. The summed E-state index contributed by atoms with van der Waals surface area (Å²) in [6.45, 7) is 1.67. The van der Waals surface area contributed by atoms with Crippen LogP contribution in [0.1, 0.15) is 15.9 Å². The van der Waals surface area contributed by atoms with Crippen LogP contribution in [0.4, 0.5) is 11.4 Å². The van der Waals surface area contributed by atoms with Crippen LogP contribution in [0.2, 0.25) is 0 Å². The SMILES string of the molecule is COc1ccc(NC(=O)c2cccc(NS(C)(=O)=O)c2C)c(OC)c1. The number of anilines is 2. The van der Waals surface area contributed by atoms with Gasteiger partial charge in [-0.2, -0.15) is 0 Å². The molecule has 0 radical (unpaired) electrons. The first-order valence-corrected chi connectivity index (χ1v) is 9.25. The van der Waals surface area contributed by atoms with Gasteiger partial charge in [0.15, 0.2) is 0 Å². The Balaban J connectivity index is 2.32. The standard InChI is InChI=1S/C17H20N2O5S/c1-11-13(6-5-7-14(11)19-25(4,21)22)17(20)18-15-9-8-12(23-2)10-16(15)24-3/h5-10,19H,1-4H3,(H,18,20). The van der Waals surface area contributed by atoms with Crippen LogP contribution >= 0.6 is 0 Å². The molecule has 2 aromatic carbocycles. The number of benzene rings is 2. The summed E-state index contributed by atoms with van der Waals surface area (Å²) in [7, 11) is -0.404. The zero-order chi connectivity index (χ0) is 18.6. The molecule has 0 unspecified atom stereocenters. The summed E-state index contributed by atoms with van der Waals surface area (Å²) in [6, 6.07) is 9.86. The van der Waals surface area contributed by atoms with E-state index in [0.717, 1.165) is 6.26 Å². The average Bonchev–Trinajstić information content (AvgIpc) is 2.55. The Morgan fingerprint density at radius 2 is 1.76 bits per heavy atom. The lowest BCUT2D eigenvalue weighted by Gasteiger charge is -2.14. The molecule has 0 atom stereocenters. The van der Waals surface area contributed by atoms with Gasteiger partial charge < -0.3 is 14.8 Å². The van der Waals surface area contributed by atoms with Gasteiger partial charge in [-0.15, -0.1) is 0 Å². The van der Waals surface area contributed by atoms with Gasteiger partial charge in [0.25, 0.3) is 5.91 Å². The van der Waals surface area contributed by atoms with Crippen LogP contribution in [0.5, 0.6) is 11.5 Å². The number of amides is 1. The van der Waals surface area contributed by atoms with Gasteiger partial charge in [0, 0.05) is 11.6 Å². The predicted octanol–water partition coefficient (Wildman–Crippen LogP) is 2.64. The van der Waals surface area contributed by atoms with Crippen LogP contribution < -0.4 is 19.5 Å². The third-order valence-electron chi connectivity index (χ3n) is 3.53. The predicted molar refractivity (Wildman–Crippen MR) is 97.1 cm³/mol. The largest absolute Gasteiger partial charge is 0.497 e. The first kappa shape index (κ1) is 18.6. The van der Waals surface area contributed by atoms with Crippen LogP contribution in [0.3, 0.4) is 0 Å². The molecule has 25 heavy (non-hydrogen) atoms. The summed E-state index contributed by atoms with van der Waals surface area (Å²) >= 11 is 0. The van der Waals surface area contributed by atoms with Crippen LogP contribution in [0, 0.1) is 6.92 Å². The first-order valence-electron chi connectivity index (χ1n) is 7.36. The van der Waals surface area contributed by atoms with E-state index in [1.165, 1.54) is 14.2 Å². The molecule has 0 bridgehead atoms. The molecule has 1 amide bonds. The molecule has 0 aliphatic heterocycles. The van der Waals surface area contributed by atoms with Gasteiger partial charge in [-0.3, -0.25) is 9.52 Å². The van der Waals surface area contributed by atoms with Crippen LogP contribution in [0.25, 0.3) is 0 Å². The minimum atomic E-state index is -3.43. The van der Waals surface area contributed by atoms with Gasteiger partial charge >= 0.3 is 0 Å². The van der Waals surface area contributed by atoms with Crippen molar-refractivity contribution in [2.24, 2.45) is 0 Å². The average molecular weight is 364 g/mol. The van der Waals surface area contributed by atoms with E-state index in [4.69, 9.17) is 9.47 Å². The molecule has 7 nitrogen and oxygen atoms in total. The van der Waals surface area contributed by atoms with Crippen LogP contribution in [-0.4, -0.2) is 34.8 Å². The maximum Gasteiger partial charge on any atom is 0.256 e. The van der Waals surface area contributed by atoms with Gasteiger partial charge in [-0.05, 0) is 36.8 Å². The molecule has 134 valence electrons. The van der Waals surface area contributed by atoms with Gasteiger partial charge in [0.1, 0.15) is 11.5 Å². The molecule has 0 saturated carbocycles. The first-order chi connectivity index (χ1) is 11.7. The highest BCUT2D eigenvalue weighted by Gasteiger charge is 2.15. The molecule has 0 aliphatic rings. The second-order valence-electron chi connectivity index (χ2n) is 5.37. The van der Waals surface area contributed by atoms with E-state index in [-0.39, 0.29) is 5.91 Å². The Labute approximate surface area is 147 Å². The van der Waals surface area contributed by atoms with Crippen molar-refractivity contribution in [3.05, 3.63) is 47.5 Å². The molecule has 0 aliphatic carbocycles. The molecule has 2 rings (SSSR count). The smallest absolute Gasteiger partial charge is 0.256 e. The molecule has 0 aromatic heterocycles. The fraction of sp³-hybridized carbons (Fsp3) is 0.235. The second-order valence-corrected chi connectivity index (χ2v) is 7.12. The van der Waals surface area contributed by atoms with Crippen LogP contribution in [0.15, 0.2) is 36.4 Å². The van der Waals surface area contributed by atoms with Crippen molar-refractivity contribution in [1.82, 2.24) is 0 Å². The van der Waals surface area contributed by atoms with E-state index in [1.807, 2.05) is 0 Å². The molecule has 2 aromatic rings. The van der Waals surface area contributed by atoms with Crippen molar-refractivity contribution in [3.63, 3.8) is 0 Å². The highest BCUT2D eigenvalue weighted by atomic mass is 32.2. The summed E-state index contributed by atoms with van der Waals surface area (Å²) in [5.74, 6) is 0.680. The van der Waals surface area contributed by atoms with Gasteiger partial charge in [0.05, 0.1) is 31.9 Å². The Kier molecular flexibility index (Phi) is 5.53. The zero-order valence-electron chi connectivity index (χ0n) is 14.4. The van der Waals surface area contributed by atoms with E-state index in [9.17, 15) is 13.2 Å². The second kappa shape index (κ2) is 7.43. The Morgan fingerprint density at radius 1 is 1.04 bits per heavy atom. The maximum absolute atomic E-state index is 12.6. The molecule has 8 heteroatoms. The molecule has 0 fully saturated rings. The van der Waals surface area contributed by atoms with Gasteiger partial charge in [0.2, 0.25) is 10.0 Å². The molecule has 0 saturated heterocycles. The van der Waals surface area contributed by atoms with Crippen molar-refractivity contribution in [2.75, 3.05) is 30.5 Å². The van der Waals surface area contributed by atoms with Crippen molar-refractivity contribution in [2.45, 2.75) is 6.92 Å². The number of sulfonamides is 1. The number of nitrogens with one attached hydrogen (secondary N) is 2. The Hall–Kier alpha value is -2.74. The highest BCUT2D eigenvalue weighted by Crippen LogP contribution is 2.30. The highest BCUT2D eigenvalue weighted by molar-refractivity contribution is 7.92. The van der Waals surface area contributed by atoms with E-state index in [1.54, 1.807) is 43.3 Å². The van der Waals surface area contributed by atoms with Crippen molar-refractivity contribution < 1.29 is 22.7 Å². The summed E-state index contributed by atoms with van der Waals surface area (Å²) in [6.07, 6.45) is 1.06. The van der Waals surface area contributed by atoms with Crippen molar-refractivity contribution >= 4 is 27.3 Å². The third-order valence-corrected chi connectivity index (χ3v) is 4.12. The Bertz CT molecular complexity index is 894. The topological polar surface area (TPSA) is 93.7 Å². The normalized spacial score (nSPS) is 10.9. The molecule has 0 heterocycles. The van der Waals surface area contributed by atoms with E-state index in [2.05, 4.69) is 10.0 Å². The third kappa shape index (κ3) is 4.63. The maximum atomic E-state index is 12.6. The minimum absolute atomic E-state index is 0.353. The number of methoxy groups -OCH3 is 2. The number of hydrogen-bond donors (Lipinski definition) is 2. The molecule has 2 N–H and O–H groups in total. The van der Waals surface area contributed by atoms with Crippen molar-refractivity contribution in [1.29, 1.82) is 0 Å². The molecular weight excluding hydrogens is 344 g/mol. The quantitative estimate of drug-likeness (QED) is 0.822. The van der Waals surface area contributed by atoms with E-state index >= 15 is 0 Å². The number of ether oxygens (including phenoxy) is 2. The Morgan fingerprint density at radius 3 is 2.36 bits per heavy atom. The summed E-state index contributed by atoms with van der Waals surface area (Å²) in [4.78, 5) is 12.6. The summed E-state index contributed by atoms with van der Waals surface area (Å²) in [5, 5.41) is 2.76. The fourth-order valence-electron chi connectivity index (χ4n) is 2.28. The number of rotatable bonds is 6. The monoisotopic (exact) mass is 364 g/mol.